The van der Waals surface area contributed by atoms with E-state index in [-0.39, 0.29) is 11.8 Å². The van der Waals surface area contributed by atoms with E-state index in [4.69, 9.17) is 10.00 Å². The number of fused-ring (bicyclic) bond motifs is 1. The van der Waals surface area contributed by atoms with E-state index >= 15 is 0 Å². The quantitative estimate of drug-likeness (QED) is 0.921. The van der Waals surface area contributed by atoms with Gasteiger partial charge in [-0.1, -0.05) is 6.07 Å². The van der Waals surface area contributed by atoms with Gasteiger partial charge in [-0.3, -0.25) is 9.59 Å². The summed E-state index contributed by atoms with van der Waals surface area (Å²) < 4.78 is 5.58. The van der Waals surface area contributed by atoms with Gasteiger partial charge in [-0.25, -0.2) is 0 Å². The number of amides is 2. The average Bonchev–Trinajstić information content (AvgIpc) is 2.59. The Labute approximate surface area is 139 Å². The van der Waals surface area contributed by atoms with Gasteiger partial charge in [-0.15, -0.1) is 0 Å². The molecule has 1 N–H and O–H groups in total. The minimum Gasteiger partial charge on any atom is -0.479 e. The second-order valence-electron chi connectivity index (χ2n) is 5.49. The standard InChI is InChI=1S/C18H15N3O3/c1-11-18(23)21(2)15-7-6-13(9-16(15)24-11)17(22)20-14-5-3-4-12(8-14)10-19/h3-9,11H,1-2H3,(H,20,22). The Kier molecular flexibility index (Phi) is 3.92. The lowest BCUT2D eigenvalue weighted by Gasteiger charge is -2.30. The molecular formula is C18H15N3O3. The van der Waals surface area contributed by atoms with Crippen molar-refractivity contribution < 1.29 is 14.3 Å². The molecule has 0 aliphatic carbocycles. The van der Waals surface area contributed by atoms with Crippen LogP contribution < -0.4 is 15.0 Å². The molecule has 0 spiro atoms. The Morgan fingerprint density at radius 1 is 1.29 bits per heavy atom. The highest BCUT2D eigenvalue weighted by atomic mass is 16.5. The Morgan fingerprint density at radius 3 is 2.83 bits per heavy atom. The number of hydrogen-bond donors (Lipinski definition) is 1. The second-order valence-corrected chi connectivity index (χ2v) is 5.49. The van der Waals surface area contributed by atoms with Crippen molar-refractivity contribution in [2.24, 2.45) is 0 Å². The van der Waals surface area contributed by atoms with Gasteiger partial charge in [0.2, 0.25) is 0 Å². The van der Waals surface area contributed by atoms with Crippen LogP contribution in [0.5, 0.6) is 5.75 Å². The van der Waals surface area contributed by atoms with Gasteiger partial charge in [0, 0.05) is 18.3 Å². The molecule has 0 saturated heterocycles. The van der Waals surface area contributed by atoms with Crippen LogP contribution in [0.25, 0.3) is 0 Å². The maximum atomic E-state index is 12.4. The zero-order chi connectivity index (χ0) is 17.3. The summed E-state index contributed by atoms with van der Waals surface area (Å²) in [5.74, 6) is 0.0414. The van der Waals surface area contributed by atoms with Gasteiger partial charge in [0.1, 0.15) is 5.75 Å². The first-order chi connectivity index (χ1) is 11.5. The molecule has 120 valence electrons. The van der Waals surface area contributed by atoms with Crippen LogP contribution in [0.1, 0.15) is 22.8 Å². The molecule has 1 aliphatic heterocycles. The zero-order valence-corrected chi connectivity index (χ0v) is 13.2. The minimum atomic E-state index is -0.590. The number of nitrogens with one attached hydrogen (secondary N) is 1. The highest BCUT2D eigenvalue weighted by Crippen LogP contribution is 2.34. The van der Waals surface area contributed by atoms with Crippen molar-refractivity contribution in [3.05, 3.63) is 53.6 Å². The molecule has 1 atom stereocenters. The van der Waals surface area contributed by atoms with Crippen molar-refractivity contribution in [2.45, 2.75) is 13.0 Å². The van der Waals surface area contributed by atoms with Gasteiger partial charge >= 0.3 is 0 Å². The molecule has 2 aromatic carbocycles. The van der Waals surface area contributed by atoms with E-state index in [0.29, 0.717) is 28.3 Å². The van der Waals surface area contributed by atoms with E-state index in [2.05, 4.69) is 5.32 Å². The predicted molar refractivity (Wildman–Crippen MR) is 89.1 cm³/mol. The van der Waals surface area contributed by atoms with E-state index in [1.807, 2.05) is 6.07 Å². The summed E-state index contributed by atoms with van der Waals surface area (Å²) in [6.45, 7) is 1.67. The topological polar surface area (TPSA) is 82.4 Å². The number of anilines is 2. The highest BCUT2D eigenvalue weighted by molar-refractivity contribution is 6.06. The van der Waals surface area contributed by atoms with Crippen molar-refractivity contribution >= 4 is 23.2 Å². The maximum absolute atomic E-state index is 12.4. The summed E-state index contributed by atoms with van der Waals surface area (Å²) in [5.41, 5.74) is 2.04. The third-order valence-corrected chi connectivity index (χ3v) is 3.81. The van der Waals surface area contributed by atoms with Crippen LogP contribution in [0.2, 0.25) is 0 Å². The third kappa shape index (κ3) is 2.79. The lowest BCUT2D eigenvalue weighted by atomic mass is 10.1. The van der Waals surface area contributed by atoms with E-state index < -0.39 is 6.10 Å². The Morgan fingerprint density at radius 2 is 2.08 bits per heavy atom. The first-order valence-electron chi connectivity index (χ1n) is 7.39. The van der Waals surface area contributed by atoms with Gasteiger partial charge in [-0.2, -0.15) is 5.26 Å². The number of likely N-dealkylation sites (N-methyl/N-ethyl adjacent to an activating group) is 1. The average molecular weight is 321 g/mol. The molecule has 24 heavy (non-hydrogen) atoms. The lowest BCUT2D eigenvalue weighted by molar-refractivity contribution is -0.125. The summed E-state index contributed by atoms with van der Waals surface area (Å²) in [6, 6.07) is 13.6. The zero-order valence-electron chi connectivity index (χ0n) is 13.2. The minimum absolute atomic E-state index is 0.131. The summed E-state index contributed by atoms with van der Waals surface area (Å²) in [6.07, 6.45) is -0.590. The number of ether oxygens (including phenoxy) is 1. The molecule has 6 heteroatoms. The first-order valence-corrected chi connectivity index (χ1v) is 7.39. The largest absolute Gasteiger partial charge is 0.479 e. The monoisotopic (exact) mass is 321 g/mol. The van der Waals surface area contributed by atoms with E-state index in [1.54, 1.807) is 56.4 Å². The molecule has 0 fully saturated rings. The SMILES string of the molecule is CC1Oc2cc(C(=O)Nc3cccc(C#N)c3)ccc2N(C)C1=O. The van der Waals surface area contributed by atoms with Crippen molar-refractivity contribution in [2.75, 3.05) is 17.3 Å². The molecule has 0 saturated carbocycles. The molecule has 2 aromatic rings. The van der Waals surface area contributed by atoms with Crippen molar-refractivity contribution in [1.82, 2.24) is 0 Å². The maximum Gasteiger partial charge on any atom is 0.267 e. The molecule has 1 unspecified atom stereocenters. The number of nitrogens with zero attached hydrogens (tertiary/aromatic N) is 2. The number of hydrogen-bond acceptors (Lipinski definition) is 4. The van der Waals surface area contributed by atoms with Crippen LogP contribution in [0.4, 0.5) is 11.4 Å². The van der Waals surface area contributed by atoms with Crippen LogP contribution in [0.3, 0.4) is 0 Å². The fraction of sp³-hybridized carbons (Fsp3) is 0.167. The molecule has 1 aliphatic rings. The van der Waals surface area contributed by atoms with Crippen molar-refractivity contribution in [1.29, 1.82) is 5.26 Å². The summed E-state index contributed by atoms with van der Waals surface area (Å²) >= 11 is 0. The Bertz CT molecular complexity index is 870. The number of carbonyl (C=O) groups excluding carboxylic acids is 2. The smallest absolute Gasteiger partial charge is 0.267 e. The molecule has 1 heterocycles. The predicted octanol–water partition coefficient (Wildman–Crippen LogP) is 2.55. The molecular weight excluding hydrogens is 306 g/mol. The third-order valence-electron chi connectivity index (χ3n) is 3.81. The summed E-state index contributed by atoms with van der Waals surface area (Å²) in [4.78, 5) is 25.8. The number of carbonyl (C=O) groups is 2. The second kappa shape index (κ2) is 6.05. The fourth-order valence-corrected chi connectivity index (χ4v) is 2.53. The summed E-state index contributed by atoms with van der Waals surface area (Å²) in [7, 11) is 1.67. The number of benzene rings is 2. The van der Waals surface area contributed by atoms with Gasteiger partial charge in [0.15, 0.2) is 6.10 Å². The molecule has 0 radical (unpaired) electrons. The van der Waals surface area contributed by atoms with Crippen LogP contribution >= 0.6 is 0 Å². The van der Waals surface area contributed by atoms with E-state index in [0.717, 1.165) is 0 Å². The molecule has 0 aromatic heterocycles. The van der Waals surface area contributed by atoms with Gasteiger partial charge in [0.05, 0.1) is 17.3 Å². The van der Waals surface area contributed by atoms with Crippen LogP contribution in [-0.2, 0) is 4.79 Å². The van der Waals surface area contributed by atoms with Crippen LogP contribution in [0, 0.1) is 11.3 Å². The molecule has 6 nitrogen and oxygen atoms in total. The van der Waals surface area contributed by atoms with Gasteiger partial charge in [0.25, 0.3) is 11.8 Å². The first kappa shape index (κ1) is 15.6. The Hall–Kier alpha value is -3.33. The lowest BCUT2D eigenvalue weighted by Crippen LogP contribution is -2.42. The summed E-state index contributed by atoms with van der Waals surface area (Å²) in [5, 5.41) is 11.7. The number of nitriles is 1. The number of rotatable bonds is 2. The van der Waals surface area contributed by atoms with Crippen LogP contribution in [0.15, 0.2) is 42.5 Å². The van der Waals surface area contributed by atoms with Crippen molar-refractivity contribution in [3.8, 4) is 11.8 Å². The Balaban J connectivity index is 1.85. The van der Waals surface area contributed by atoms with Gasteiger partial charge < -0.3 is 15.0 Å². The van der Waals surface area contributed by atoms with Crippen LogP contribution in [-0.4, -0.2) is 25.0 Å². The van der Waals surface area contributed by atoms with E-state index in [9.17, 15) is 9.59 Å². The van der Waals surface area contributed by atoms with Gasteiger partial charge in [-0.05, 0) is 43.3 Å². The van der Waals surface area contributed by atoms with Crippen molar-refractivity contribution in [3.63, 3.8) is 0 Å². The molecule has 2 amide bonds. The molecule has 3 rings (SSSR count). The fourth-order valence-electron chi connectivity index (χ4n) is 2.53. The molecule has 0 bridgehead atoms. The highest BCUT2D eigenvalue weighted by Gasteiger charge is 2.29. The normalized spacial score (nSPS) is 16.0. The van der Waals surface area contributed by atoms with E-state index in [1.165, 1.54) is 4.90 Å².